The maximum atomic E-state index is 12.7. The van der Waals surface area contributed by atoms with Gasteiger partial charge in [0, 0.05) is 5.70 Å². The third-order valence-corrected chi connectivity index (χ3v) is 6.62. The molecule has 2 aromatic carbocycles. The van der Waals surface area contributed by atoms with Crippen LogP contribution in [-0.4, -0.2) is 18.6 Å². The van der Waals surface area contributed by atoms with Crippen molar-refractivity contribution in [3.63, 3.8) is 0 Å². The van der Waals surface area contributed by atoms with Crippen molar-refractivity contribution in [3.8, 4) is 10.8 Å². The van der Waals surface area contributed by atoms with Gasteiger partial charge in [0.1, 0.15) is 0 Å². The van der Waals surface area contributed by atoms with E-state index in [0.717, 1.165) is 4.88 Å². The molecule has 0 atom stereocenters. The average Bonchev–Trinajstić information content (AvgIpc) is 3.40. The van der Waals surface area contributed by atoms with E-state index in [2.05, 4.69) is 22.1 Å². The number of aromatic nitrogens is 2. The standard InChI is InChI=1S/C20H15N3O3S2/c1-14(21-20-23-22-19(26-20)18-8-5-13-27-18)15-9-11-17(12-10-15)28(24,25)16-6-3-2-4-7-16/h2-13H,1H2,(H,21,23). The van der Waals surface area contributed by atoms with E-state index in [9.17, 15) is 8.42 Å². The van der Waals surface area contributed by atoms with E-state index >= 15 is 0 Å². The minimum atomic E-state index is -3.55. The molecular formula is C20H15N3O3S2. The largest absolute Gasteiger partial charge is 0.402 e. The van der Waals surface area contributed by atoms with Crippen molar-refractivity contribution in [2.75, 3.05) is 5.32 Å². The van der Waals surface area contributed by atoms with Crippen molar-refractivity contribution in [2.45, 2.75) is 9.79 Å². The average molecular weight is 409 g/mol. The number of hydrogen-bond acceptors (Lipinski definition) is 7. The first-order valence-corrected chi connectivity index (χ1v) is 10.6. The van der Waals surface area contributed by atoms with Gasteiger partial charge in [-0.05, 0) is 41.3 Å². The van der Waals surface area contributed by atoms with E-state index < -0.39 is 9.84 Å². The zero-order chi connectivity index (χ0) is 19.6. The van der Waals surface area contributed by atoms with Gasteiger partial charge < -0.3 is 9.73 Å². The quantitative estimate of drug-likeness (QED) is 0.496. The summed E-state index contributed by atoms with van der Waals surface area (Å²) < 4.78 is 30.9. The third-order valence-electron chi connectivity index (χ3n) is 3.98. The molecule has 0 aliphatic carbocycles. The fraction of sp³-hybridized carbons (Fsp3) is 0. The summed E-state index contributed by atoms with van der Waals surface area (Å²) in [6.45, 7) is 3.96. The zero-order valence-corrected chi connectivity index (χ0v) is 16.2. The van der Waals surface area contributed by atoms with Gasteiger partial charge in [-0.1, -0.05) is 48.1 Å². The number of sulfone groups is 1. The van der Waals surface area contributed by atoms with E-state index in [0.29, 0.717) is 17.2 Å². The Kier molecular flexibility index (Phi) is 4.81. The number of nitrogens with one attached hydrogen (secondary N) is 1. The number of benzene rings is 2. The molecule has 8 heteroatoms. The first-order chi connectivity index (χ1) is 13.5. The smallest absolute Gasteiger partial charge is 0.320 e. The molecule has 0 spiro atoms. The van der Waals surface area contributed by atoms with Gasteiger partial charge in [-0.3, -0.25) is 0 Å². The molecule has 0 saturated carbocycles. The first kappa shape index (κ1) is 18.1. The summed E-state index contributed by atoms with van der Waals surface area (Å²) in [6.07, 6.45) is 0. The Bertz CT molecular complexity index is 1200. The maximum absolute atomic E-state index is 12.7. The van der Waals surface area contributed by atoms with Crippen LogP contribution >= 0.6 is 11.3 Å². The van der Waals surface area contributed by atoms with Crippen molar-refractivity contribution in [3.05, 3.63) is 84.3 Å². The minimum absolute atomic E-state index is 0.216. The summed E-state index contributed by atoms with van der Waals surface area (Å²) in [5.74, 6) is 0.426. The van der Waals surface area contributed by atoms with Gasteiger partial charge in [0.05, 0.1) is 14.7 Å². The van der Waals surface area contributed by atoms with Crippen LogP contribution in [0, 0.1) is 0 Å². The molecule has 0 amide bonds. The van der Waals surface area contributed by atoms with E-state index in [1.54, 1.807) is 54.6 Å². The van der Waals surface area contributed by atoms with E-state index in [4.69, 9.17) is 4.42 Å². The van der Waals surface area contributed by atoms with Crippen molar-refractivity contribution in [1.29, 1.82) is 0 Å². The highest BCUT2D eigenvalue weighted by Crippen LogP contribution is 2.26. The van der Waals surface area contributed by atoms with E-state index in [1.807, 2.05) is 17.5 Å². The summed E-state index contributed by atoms with van der Waals surface area (Å²) >= 11 is 1.50. The number of hydrogen-bond donors (Lipinski definition) is 1. The van der Waals surface area contributed by atoms with Crippen LogP contribution in [0.15, 0.2) is 92.9 Å². The predicted molar refractivity (Wildman–Crippen MR) is 109 cm³/mol. The molecule has 1 N–H and O–H groups in total. The normalized spacial score (nSPS) is 11.3. The highest BCUT2D eigenvalue weighted by atomic mass is 32.2. The predicted octanol–water partition coefficient (Wildman–Crippen LogP) is 4.71. The Labute approximate surface area is 166 Å². The fourth-order valence-corrected chi connectivity index (χ4v) is 4.47. The van der Waals surface area contributed by atoms with E-state index in [-0.39, 0.29) is 15.8 Å². The van der Waals surface area contributed by atoms with Crippen LogP contribution in [0.3, 0.4) is 0 Å². The molecule has 140 valence electrons. The van der Waals surface area contributed by atoms with Crippen LogP contribution in [0.4, 0.5) is 6.01 Å². The molecule has 0 saturated heterocycles. The number of nitrogens with zero attached hydrogens (tertiary/aromatic N) is 2. The Morgan fingerprint density at radius 2 is 1.64 bits per heavy atom. The molecule has 0 aliphatic heterocycles. The number of thiophene rings is 1. The third kappa shape index (κ3) is 3.60. The van der Waals surface area contributed by atoms with Gasteiger partial charge in [0.25, 0.3) is 5.89 Å². The molecule has 0 aliphatic rings. The Morgan fingerprint density at radius 1 is 0.929 bits per heavy atom. The molecule has 2 heterocycles. The lowest BCUT2D eigenvalue weighted by Gasteiger charge is -2.08. The van der Waals surface area contributed by atoms with Crippen molar-refractivity contribution >= 4 is 32.9 Å². The first-order valence-electron chi connectivity index (χ1n) is 8.28. The summed E-state index contributed by atoms with van der Waals surface area (Å²) in [5, 5.41) is 12.8. The van der Waals surface area contributed by atoms with Crippen molar-refractivity contribution < 1.29 is 12.8 Å². The van der Waals surface area contributed by atoms with Crippen LogP contribution in [-0.2, 0) is 9.84 Å². The molecule has 0 unspecified atom stereocenters. The second-order valence-corrected chi connectivity index (χ2v) is 8.73. The molecule has 0 bridgehead atoms. The maximum Gasteiger partial charge on any atom is 0.320 e. The second-order valence-electron chi connectivity index (χ2n) is 5.83. The lowest BCUT2D eigenvalue weighted by molar-refractivity contribution is 0.589. The second kappa shape index (κ2) is 7.41. The highest BCUT2D eigenvalue weighted by molar-refractivity contribution is 7.91. The topological polar surface area (TPSA) is 85.1 Å². The van der Waals surface area contributed by atoms with Crippen LogP contribution in [0.5, 0.6) is 0 Å². The van der Waals surface area contributed by atoms with Gasteiger partial charge in [0.15, 0.2) is 0 Å². The van der Waals surface area contributed by atoms with Crippen LogP contribution in [0.1, 0.15) is 5.56 Å². The lowest BCUT2D eigenvalue weighted by atomic mass is 10.2. The Balaban J connectivity index is 1.50. The Morgan fingerprint density at radius 3 is 2.32 bits per heavy atom. The molecule has 28 heavy (non-hydrogen) atoms. The van der Waals surface area contributed by atoms with Gasteiger partial charge in [-0.25, -0.2) is 8.42 Å². The highest BCUT2D eigenvalue weighted by Gasteiger charge is 2.17. The zero-order valence-electron chi connectivity index (χ0n) is 14.6. The van der Waals surface area contributed by atoms with Gasteiger partial charge in [0.2, 0.25) is 9.84 Å². The minimum Gasteiger partial charge on any atom is -0.402 e. The molecular weight excluding hydrogens is 394 g/mol. The number of anilines is 1. The molecule has 0 radical (unpaired) electrons. The monoisotopic (exact) mass is 409 g/mol. The van der Waals surface area contributed by atoms with Crippen LogP contribution in [0.2, 0.25) is 0 Å². The van der Waals surface area contributed by atoms with E-state index in [1.165, 1.54) is 11.3 Å². The Hall–Kier alpha value is -3.23. The van der Waals surface area contributed by atoms with Crippen molar-refractivity contribution in [1.82, 2.24) is 10.2 Å². The summed E-state index contributed by atoms with van der Waals surface area (Å²) in [4.78, 5) is 1.35. The van der Waals surface area contributed by atoms with Crippen LogP contribution < -0.4 is 5.32 Å². The summed E-state index contributed by atoms with van der Waals surface area (Å²) in [5.41, 5.74) is 1.23. The van der Waals surface area contributed by atoms with Crippen molar-refractivity contribution in [2.24, 2.45) is 0 Å². The van der Waals surface area contributed by atoms with Crippen LogP contribution in [0.25, 0.3) is 16.5 Å². The van der Waals surface area contributed by atoms with Gasteiger partial charge in [-0.2, -0.15) is 0 Å². The fourth-order valence-electron chi connectivity index (χ4n) is 2.55. The molecule has 4 aromatic rings. The van der Waals surface area contributed by atoms with Gasteiger partial charge >= 0.3 is 6.01 Å². The number of rotatable bonds is 6. The molecule has 6 nitrogen and oxygen atoms in total. The molecule has 2 aromatic heterocycles. The molecule has 0 fully saturated rings. The molecule has 4 rings (SSSR count). The summed E-state index contributed by atoms with van der Waals surface area (Å²) in [7, 11) is -3.55. The SMILES string of the molecule is C=C(Nc1nnc(-c2cccs2)o1)c1ccc(S(=O)(=O)c2ccccc2)cc1. The summed E-state index contributed by atoms with van der Waals surface area (Å²) in [6, 6.07) is 18.8. The van der Waals surface area contributed by atoms with Gasteiger partial charge in [-0.15, -0.1) is 16.4 Å². The lowest BCUT2D eigenvalue weighted by Crippen LogP contribution is -2.03.